The van der Waals surface area contributed by atoms with Crippen molar-refractivity contribution in [3.05, 3.63) is 18.1 Å². The van der Waals surface area contributed by atoms with Crippen molar-refractivity contribution >= 4 is 11.7 Å². The van der Waals surface area contributed by atoms with Crippen LogP contribution in [-0.2, 0) is 4.79 Å². The maximum atomic E-state index is 11.3. The molecule has 1 amide bonds. The molecule has 1 unspecified atom stereocenters. The molecule has 1 aliphatic rings. The summed E-state index contributed by atoms with van der Waals surface area (Å²) < 4.78 is 0. The number of hydrogen-bond acceptors (Lipinski definition) is 4. The van der Waals surface area contributed by atoms with E-state index in [4.69, 9.17) is 0 Å². The Bertz CT molecular complexity index is 393. The summed E-state index contributed by atoms with van der Waals surface area (Å²) in [7, 11) is 1.83. The predicted octanol–water partition coefficient (Wildman–Crippen LogP) is 0.818. The third kappa shape index (κ3) is 2.29. The van der Waals surface area contributed by atoms with Gasteiger partial charge < -0.3 is 10.2 Å². The van der Waals surface area contributed by atoms with Crippen molar-refractivity contribution in [2.75, 3.05) is 18.9 Å². The lowest BCUT2D eigenvalue weighted by molar-refractivity contribution is -0.132. The van der Waals surface area contributed by atoms with Gasteiger partial charge in [-0.1, -0.05) is 0 Å². The number of nitrogens with one attached hydrogen (secondary N) is 1. The Labute approximate surface area is 94.9 Å². The molecule has 1 aliphatic heterocycles. The van der Waals surface area contributed by atoms with E-state index < -0.39 is 0 Å². The first-order chi connectivity index (χ1) is 7.66. The minimum atomic E-state index is 0.217. The molecule has 86 valence electrons. The summed E-state index contributed by atoms with van der Waals surface area (Å²) >= 11 is 0. The van der Waals surface area contributed by atoms with Crippen molar-refractivity contribution in [2.45, 2.75) is 25.8 Å². The second kappa shape index (κ2) is 4.47. The molecule has 16 heavy (non-hydrogen) atoms. The smallest absolute Gasteiger partial charge is 0.222 e. The minimum Gasteiger partial charge on any atom is -0.364 e. The van der Waals surface area contributed by atoms with Gasteiger partial charge >= 0.3 is 0 Å². The van der Waals surface area contributed by atoms with Gasteiger partial charge in [0.25, 0.3) is 0 Å². The van der Waals surface area contributed by atoms with Gasteiger partial charge in [-0.2, -0.15) is 0 Å². The lowest BCUT2D eigenvalue weighted by Crippen LogP contribution is -2.43. The second-order valence-electron chi connectivity index (χ2n) is 4.14. The zero-order valence-corrected chi connectivity index (χ0v) is 9.60. The lowest BCUT2D eigenvalue weighted by atomic mass is 10.1. The first kappa shape index (κ1) is 10.9. The van der Waals surface area contributed by atoms with E-state index in [2.05, 4.69) is 15.3 Å². The standard InChI is InChI=1S/C11H16N4O/c1-8-11(13-6-5-12-8)14-9-3-4-10(16)15(2)7-9/h5-6,9H,3-4,7H2,1-2H3,(H,13,14). The number of rotatable bonds is 2. The first-order valence-electron chi connectivity index (χ1n) is 5.45. The second-order valence-corrected chi connectivity index (χ2v) is 4.14. The number of likely N-dealkylation sites (N-methyl/N-ethyl adjacent to an activating group) is 1. The Morgan fingerprint density at radius 3 is 2.88 bits per heavy atom. The Hall–Kier alpha value is -1.65. The van der Waals surface area contributed by atoms with Crippen LogP contribution in [0.4, 0.5) is 5.82 Å². The van der Waals surface area contributed by atoms with Crippen molar-refractivity contribution in [3.8, 4) is 0 Å². The van der Waals surface area contributed by atoms with Crippen LogP contribution in [0.5, 0.6) is 0 Å². The molecule has 2 heterocycles. The molecule has 0 bridgehead atoms. The van der Waals surface area contributed by atoms with Gasteiger partial charge in [0.15, 0.2) is 0 Å². The summed E-state index contributed by atoms with van der Waals surface area (Å²) in [4.78, 5) is 21.5. The molecular formula is C11H16N4O. The Morgan fingerprint density at radius 2 is 2.19 bits per heavy atom. The number of aromatic nitrogens is 2. The van der Waals surface area contributed by atoms with Crippen LogP contribution in [0.3, 0.4) is 0 Å². The molecule has 5 nitrogen and oxygen atoms in total. The molecule has 0 aromatic carbocycles. The van der Waals surface area contributed by atoms with Crippen LogP contribution in [0.2, 0.25) is 0 Å². The number of piperidine rings is 1. The van der Waals surface area contributed by atoms with E-state index in [0.717, 1.165) is 24.5 Å². The van der Waals surface area contributed by atoms with Crippen LogP contribution in [0.15, 0.2) is 12.4 Å². The van der Waals surface area contributed by atoms with Gasteiger partial charge in [-0.3, -0.25) is 9.78 Å². The van der Waals surface area contributed by atoms with Crippen LogP contribution in [0, 0.1) is 6.92 Å². The number of nitrogens with zero attached hydrogens (tertiary/aromatic N) is 3. The molecule has 1 fully saturated rings. The van der Waals surface area contributed by atoms with Crippen molar-refractivity contribution < 1.29 is 4.79 Å². The highest BCUT2D eigenvalue weighted by atomic mass is 16.2. The third-order valence-electron chi connectivity index (χ3n) is 2.85. The Kier molecular flexibility index (Phi) is 3.03. The minimum absolute atomic E-state index is 0.217. The molecule has 1 saturated heterocycles. The molecule has 0 aliphatic carbocycles. The van der Waals surface area contributed by atoms with E-state index in [0.29, 0.717) is 6.42 Å². The number of likely N-dealkylation sites (tertiary alicyclic amines) is 1. The average Bonchev–Trinajstić information content (AvgIpc) is 2.27. The highest BCUT2D eigenvalue weighted by Crippen LogP contribution is 2.15. The van der Waals surface area contributed by atoms with Gasteiger partial charge in [0.1, 0.15) is 5.82 Å². The van der Waals surface area contributed by atoms with Crippen LogP contribution in [0.1, 0.15) is 18.5 Å². The van der Waals surface area contributed by atoms with Crippen molar-refractivity contribution in [3.63, 3.8) is 0 Å². The quantitative estimate of drug-likeness (QED) is 0.801. The van der Waals surface area contributed by atoms with E-state index >= 15 is 0 Å². The van der Waals surface area contributed by atoms with E-state index in [1.54, 1.807) is 17.3 Å². The predicted molar refractivity (Wildman–Crippen MR) is 61.1 cm³/mol. The molecule has 1 aromatic heterocycles. The molecule has 1 atom stereocenters. The molecule has 2 rings (SSSR count). The fraction of sp³-hybridized carbons (Fsp3) is 0.545. The van der Waals surface area contributed by atoms with Crippen LogP contribution in [0.25, 0.3) is 0 Å². The van der Waals surface area contributed by atoms with Gasteiger partial charge in [-0.25, -0.2) is 4.98 Å². The summed E-state index contributed by atoms with van der Waals surface area (Å²) in [6.07, 6.45) is 4.82. The third-order valence-corrected chi connectivity index (χ3v) is 2.85. The van der Waals surface area contributed by atoms with Gasteiger partial charge in [0.05, 0.1) is 5.69 Å². The highest BCUT2D eigenvalue weighted by Gasteiger charge is 2.23. The summed E-state index contributed by atoms with van der Waals surface area (Å²) in [5.41, 5.74) is 0.891. The fourth-order valence-corrected chi connectivity index (χ4v) is 1.87. The number of carbonyl (C=O) groups excluding carboxylic acids is 1. The van der Waals surface area contributed by atoms with Gasteiger partial charge in [0.2, 0.25) is 5.91 Å². The number of carbonyl (C=O) groups is 1. The maximum absolute atomic E-state index is 11.3. The van der Waals surface area contributed by atoms with Crippen molar-refractivity contribution in [1.29, 1.82) is 0 Å². The molecular weight excluding hydrogens is 204 g/mol. The molecule has 5 heteroatoms. The Balaban J connectivity index is 2.01. The number of aryl methyl sites for hydroxylation is 1. The zero-order valence-electron chi connectivity index (χ0n) is 9.60. The van der Waals surface area contributed by atoms with Crippen molar-refractivity contribution in [2.24, 2.45) is 0 Å². The summed E-state index contributed by atoms with van der Waals surface area (Å²) in [5, 5.41) is 3.33. The zero-order chi connectivity index (χ0) is 11.5. The monoisotopic (exact) mass is 220 g/mol. The molecule has 1 aromatic rings. The van der Waals surface area contributed by atoms with Gasteiger partial charge in [-0.15, -0.1) is 0 Å². The molecule has 0 radical (unpaired) electrons. The van der Waals surface area contributed by atoms with Crippen molar-refractivity contribution in [1.82, 2.24) is 14.9 Å². The topological polar surface area (TPSA) is 58.1 Å². The van der Waals surface area contributed by atoms with Crippen LogP contribution < -0.4 is 5.32 Å². The van der Waals surface area contributed by atoms with E-state index in [1.807, 2.05) is 14.0 Å². The van der Waals surface area contributed by atoms with Crippen LogP contribution in [-0.4, -0.2) is 40.4 Å². The summed E-state index contributed by atoms with van der Waals surface area (Å²) in [5.74, 6) is 1.03. The maximum Gasteiger partial charge on any atom is 0.222 e. The fourth-order valence-electron chi connectivity index (χ4n) is 1.87. The van der Waals surface area contributed by atoms with Gasteiger partial charge in [0, 0.05) is 38.4 Å². The molecule has 0 spiro atoms. The molecule has 1 N–H and O–H groups in total. The highest BCUT2D eigenvalue weighted by molar-refractivity contribution is 5.77. The van der Waals surface area contributed by atoms with E-state index in [9.17, 15) is 4.79 Å². The van der Waals surface area contributed by atoms with E-state index in [1.165, 1.54) is 0 Å². The van der Waals surface area contributed by atoms with E-state index in [-0.39, 0.29) is 11.9 Å². The normalized spacial score (nSPS) is 21.0. The lowest BCUT2D eigenvalue weighted by Gasteiger charge is -2.30. The molecule has 0 saturated carbocycles. The number of anilines is 1. The first-order valence-corrected chi connectivity index (χ1v) is 5.45. The number of hydrogen-bond donors (Lipinski definition) is 1. The average molecular weight is 220 g/mol. The summed E-state index contributed by atoms with van der Waals surface area (Å²) in [6.45, 7) is 2.65. The summed E-state index contributed by atoms with van der Waals surface area (Å²) in [6, 6.07) is 0.276. The van der Waals surface area contributed by atoms with Crippen LogP contribution >= 0.6 is 0 Å². The largest absolute Gasteiger partial charge is 0.364 e. The Morgan fingerprint density at radius 1 is 1.44 bits per heavy atom. The SMILES string of the molecule is Cc1nccnc1NC1CCC(=O)N(C)C1. The van der Waals surface area contributed by atoms with Gasteiger partial charge in [-0.05, 0) is 13.3 Å². The number of amides is 1.